The topological polar surface area (TPSA) is 68.0 Å². The number of halogens is 2. The average molecular weight is 317 g/mol. The fourth-order valence-electron chi connectivity index (χ4n) is 1.66. The van der Waals surface area contributed by atoms with Crippen LogP contribution in [0.15, 0.2) is 28.9 Å². The van der Waals surface area contributed by atoms with Crippen molar-refractivity contribution in [1.29, 1.82) is 0 Å². The minimum Gasteiger partial charge on any atom is -0.324 e. The second-order valence-electron chi connectivity index (χ2n) is 3.87. The smallest absolute Gasteiger partial charge is 0.231 e. The van der Waals surface area contributed by atoms with E-state index in [1.807, 2.05) is 12.2 Å². The summed E-state index contributed by atoms with van der Waals surface area (Å²) in [7, 11) is 0. The molecule has 0 aromatic carbocycles. The van der Waals surface area contributed by atoms with Crippen LogP contribution in [0.25, 0.3) is 0 Å². The molecule has 0 saturated heterocycles. The van der Waals surface area contributed by atoms with E-state index in [0.717, 1.165) is 4.47 Å². The van der Waals surface area contributed by atoms with Crippen molar-refractivity contribution in [3.05, 3.63) is 34.0 Å². The van der Waals surface area contributed by atoms with Crippen molar-refractivity contribution < 1.29 is 4.79 Å². The summed E-state index contributed by atoms with van der Waals surface area (Å²) in [6.07, 6.45) is 5.86. The number of anilines is 1. The Morgan fingerprint density at radius 3 is 3.00 bits per heavy atom. The van der Waals surface area contributed by atoms with E-state index in [2.05, 4.69) is 26.2 Å². The zero-order valence-electron chi connectivity index (χ0n) is 8.86. The Bertz CT molecular complexity index is 478. The van der Waals surface area contributed by atoms with Gasteiger partial charge in [-0.15, -0.1) is 0 Å². The fraction of sp³-hybridized carbons (Fsp3) is 0.273. The Labute approximate surface area is 112 Å². The van der Waals surface area contributed by atoms with Gasteiger partial charge in [-0.2, -0.15) is 0 Å². The van der Waals surface area contributed by atoms with Gasteiger partial charge < -0.3 is 11.1 Å². The first-order chi connectivity index (χ1) is 8.06. The molecule has 1 heterocycles. The predicted octanol–water partition coefficient (Wildman–Crippen LogP) is 2.34. The lowest BCUT2D eigenvalue weighted by Crippen LogP contribution is -2.24. The molecule has 2 unspecified atom stereocenters. The van der Waals surface area contributed by atoms with E-state index in [1.165, 1.54) is 0 Å². The summed E-state index contributed by atoms with van der Waals surface area (Å²) < 4.78 is 0.760. The van der Waals surface area contributed by atoms with Crippen LogP contribution in [-0.4, -0.2) is 16.9 Å². The molecule has 90 valence electrons. The Kier molecular flexibility index (Phi) is 3.81. The Balaban J connectivity index is 2.08. The Morgan fingerprint density at radius 2 is 2.35 bits per heavy atom. The van der Waals surface area contributed by atoms with Gasteiger partial charge in [0.15, 0.2) is 5.15 Å². The number of carbonyl (C=O) groups is 1. The summed E-state index contributed by atoms with van der Waals surface area (Å²) in [6, 6.07) is 1.67. The third-order valence-corrected chi connectivity index (χ3v) is 3.25. The molecular weight excluding hydrogens is 305 g/mol. The van der Waals surface area contributed by atoms with Crippen LogP contribution in [0.4, 0.5) is 5.69 Å². The quantitative estimate of drug-likeness (QED) is 0.650. The van der Waals surface area contributed by atoms with Crippen LogP contribution >= 0.6 is 27.5 Å². The van der Waals surface area contributed by atoms with E-state index in [9.17, 15) is 4.79 Å². The van der Waals surface area contributed by atoms with Crippen molar-refractivity contribution in [1.82, 2.24) is 4.98 Å². The number of amides is 1. The highest BCUT2D eigenvalue weighted by molar-refractivity contribution is 9.10. The number of hydrogen-bond donors (Lipinski definition) is 2. The summed E-state index contributed by atoms with van der Waals surface area (Å²) in [5.41, 5.74) is 6.20. The van der Waals surface area contributed by atoms with Gasteiger partial charge in [-0.3, -0.25) is 4.79 Å². The van der Waals surface area contributed by atoms with Gasteiger partial charge >= 0.3 is 0 Å². The number of rotatable bonds is 2. The zero-order valence-corrected chi connectivity index (χ0v) is 11.2. The van der Waals surface area contributed by atoms with Gasteiger partial charge in [0.05, 0.1) is 11.6 Å². The standard InChI is InChI=1S/C11H11BrClN3O/c12-7-4-9(10(13)15-5-7)16-11(17)6-1-2-8(14)3-6/h1-2,4-6,8H,3,14H2,(H,16,17). The second-order valence-corrected chi connectivity index (χ2v) is 5.15. The summed E-state index contributed by atoms with van der Waals surface area (Å²) in [5.74, 6) is -0.309. The molecule has 0 bridgehead atoms. The molecule has 0 saturated carbocycles. The zero-order chi connectivity index (χ0) is 12.4. The van der Waals surface area contributed by atoms with Gasteiger partial charge in [-0.25, -0.2) is 4.98 Å². The molecule has 2 atom stereocenters. The minimum absolute atomic E-state index is 0.0399. The lowest BCUT2D eigenvalue weighted by atomic mass is 10.1. The number of aromatic nitrogens is 1. The molecular formula is C11H11BrClN3O. The molecule has 1 amide bonds. The predicted molar refractivity (Wildman–Crippen MR) is 70.8 cm³/mol. The van der Waals surface area contributed by atoms with Crippen molar-refractivity contribution in [2.45, 2.75) is 12.5 Å². The van der Waals surface area contributed by atoms with Crippen LogP contribution in [0, 0.1) is 5.92 Å². The molecule has 4 nitrogen and oxygen atoms in total. The maximum absolute atomic E-state index is 11.9. The van der Waals surface area contributed by atoms with E-state index in [0.29, 0.717) is 12.1 Å². The SMILES string of the molecule is NC1C=CC(C(=O)Nc2cc(Br)cnc2Cl)C1. The van der Waals surface area contributed by atoms with Crippen LogP contribution in [0.1, 0.15) is 6.42 Å². The van der Waals surface area contributed by atoms with Crippen molar-refractivity contribution in [3.63, 3.8) is 0 Å². The van der Waals surface area contributed by atoms with Gasteiger partial charge in [-0.05, 0) is 28.4 Å². The van der Waals surface area contributed by atoms with E-state index < -0.39 is 0 Å². The van der Waals surface area contributed by atoms with Crippen molar-refractivity contribution in [3.8, 4) is 0 Å². The second kappa shape index (κ2) is 5.16. The number of hydrogen-bond acceptors (Lipinski definition) is 3. The molecule has 6 heteroatoms. The molecule has 1 aromatic heterocycles. The summed E-state index contributed by atoms with van der Waals surface area (Å²) in [4.78, 5) is 15.8. The lowest BCUT2D eigenvalue weighted by Gasteiger charge is -2.11. The highest BCUT2D eigenvalue weighted by Crippen LogP contribution is 2.25. The molecule has 1 aliphatic carbocycles. The molecule has 1 aliphatic rings. The van der Waals surface area contributed by atoms with E-state index >= 15 is 0 Å². The van der Waals surface area contributed by atoms with Crippen molar-refractivity contribution >= 4 is 39.1 Å². The Morgan fingerprint density at radius 1 is 1.59 bits per heavy atom. The van der Waals surface area contributed by atoms with Gasteiger partial charge in [0.1, 0.15) is 0 Å². The van der Waals surface area contributed by atoms with Crippen LogP contribution in [0.5, 0.6) is 0 Å². The normalized spacial score (nSPS) is 22.8. The highest BCUT2D eigenvalue weighted by atomic mass is 79.9. The monoisotopic (exact) mass is 315 g/mol. The first-order valence-electron chi connectivity index (χ1n) is 5.12. The van der Waals surface area contributed by atoms with E-state index in [-0.39, 0.29) is 23.0 Å². The van der Waals surface area contributed by atoms with Crippen molar-refractivity contribution in [2.24, 2.45) is 11.7 Å². The number of nitrogens with zero attached hydrogens (tertiary/aromatic N) is 1. The average Bonchev–Trinajstić information content (AvgIpc) is 2.70. The molecule has 0 radical (unpaired) electrons. The molecule has 0 spiro atoms. The molecule has 2 rings (SSSR count). The third kappa shape index (κ3) is 3.06. The van der Waals surface area contributed by atoms with Crippen LogP contribution < -0.4 is 11.1 Å². The van der Waals surface area contributed by atoms with Gasteiger partial charge in [0.2, 0.25) is 5.91 Å². The highest BCUT2D eigenvalue weighted by Gasteiger charge is 2.23. The summed E-state index contributed by atoms with van der Waals surface area (Å²) in [5, 5.41) is 3.01. The van der Waals surface area contributed by atoms with Crippen LogP contribution in [-0.2, 0) is 4.79 Å². The van der Waals surface area contributed by atoms with Gasteiger partial charge in [0, 0.05) is 16.7 Å². The number of carbonyl (C=O) groups excluding carboxylic acids is 1. The van der Waals surface area contributed by atoms with Crippen LogP contribution in [0.3, 0.4) is 0 Å². The number of pyridine rings is 1. The van der Waals surface area contributed by atoms with Crippen molar-refractivity contribution in [2.75, 3.05) is 5.32 Å². The third-order valence-electron chi connectivity index (χ3n) is 2.52. The summed E-state index contributed by atoms with van der Waals surface area (Å²) in [6.45, 7) is 0. The van der Waals surface area contributed by atoms with E-state index in [4.69, 9.17) is 17.3 Å². The molecule has 0 fully saturated rings. The number of nitrogens with one attached hydrogen (secondary N) is 1. The first kappa shape index (κ1) is 12.5. The maximum atomic E-state index is 11.9. The molecule has 3 N–H and O–H groups in total. The maximum Gasteiger partial charge on any atom is 0.231 e. The van der Waals surface area contributed by atoms with Crippen LogP contribution in [0.2, 0.25) is 5.15 Å². The first-order valence-corrected chi connectivity index (χ1v) is 6.29. The van der Waals surface area contributed by atoms with Gasteiger partial charge in [-0.1, -0.05) is 23.8 Å². The molecule has 0 aliphatic heterocycles. The lowest BCUT2D eigenvalue weighted by molar-refractivity contribution is -0.118. The molecule has 1 aromatic rings. The van der Waals surface area contributed by atoms with Gasteiger partial charge in [0.25, 0.3) is 0 Å². The minimum atomic E-state index is -0.194. The largest absolute Gasteiger partial charge is 0.324 e. The summed E-state index contributed by atoms with van der Waals surface area (Å²) >= 11 is 9.16. The Hall–Kier alpha value is -0.910. The number of nitrogens with two attached hydrogens (primary N) is 1. The fourth-order valence-corrected chi connectivity index (χ4v) is 2.14. The molecule has 17 heavy (non-hydrogen) atoms. The van der Waals surface area contributed by atoms with E-state index in [1.54, 1.807) is 12.3 Å².